The zero-order chi connectivity index (χ0) is 41.4. The van der Waals surface area contributed by atoms with Crippen LogP contribution in [0.2, 0.25) is 0 Å². The summed E-state index contributed by atoms with van der Waals surface area (Å²) in [6.07, 6.45) is 0. The van der Waals surface area contributed by atoms with Gasteiger partial charge in [-0.2, -0.15) is 0 Å². The summed E-state index contributed by atoms with van der Waals surface area (Å²) in [6, 6.07) is 78.8. The first-order valence-electron chi connectivity index (χ1n) is 21.3. The predicted octanol–water partition coefficient (Wildman–Crippen LogP) is 14.7. The van der Waals surface area contributed by atoms with Gasteiger partial charge in [0.15, 0.2) is 0 Å². The van der Waals surface area contributed by atoms with E-state index in [1.54, 1.807) is 0 Å². The van der Waals surface area contributed by atoms with Gasteiger partial charge in [-0.3, -0.25) is 0 Å². The normalized spacial score (nSPS) is 11.8. The molecule has 4 nitrogen and oxygen atoms in total. The van der Waals surface area contributed by atoms with Gasteiger partial charge in [0.1, 0.15) is 0 Å². The molecule has 0 bridgehead atoms. The number of aromatic nitrogens is 4. The smallest absolute Gasteiger partial charge is 0.0616 e. The van der Waals surface area contributed by atoms with E-state index in [4.69, 9.17) is 9.97 Å². The summed E-state index contributed by atoms with van der Waals surface area (Å²) in [5.41, 5.74) is 14.3. The standard InChI is InChI=1S/C58H36N4Se/c1-4-16-37(17-5-1)49-36-50(38-18-6-2-7-19-38)60-58(59-49)40-30-32-52-48(35-40)45-31-33-53-55(47-25-10-12-28-51(47)61(53)41-21-8-3-9-22-41)56(45)62(52)42-23-14-20-39(34-42)43-26-15-27-46-44-24-11-13-29-54(44)63-57(43)46/h1-36H. The Balaban J connectivity index is 1.10. The van der Waals surface area contributed by atoms with Crippen molar-refractivity contribution in [1.82, 2.24) is 19.1 Å². The second-order valence-corrected chi connectivity index (χ2v) is 18.3. The van der Waals surface area contributed by atoms with Crippen molar-refractivity contribution in [3.05, 3.63) is 218 Å². The van der Waals surface area contributed by atoms with Crippen LogP contribution in [-0.2, 0) is 0 Å². The average Bonchev–Trinajstić information content (AvgIpc) is 4.02. The van der Waals surface area contributed by atoms with Crippen LogP contribution in [0.5, 0.6) is 0 Å². The number of rotatable bonds is 6. The van der Waals surface area contributed by atoms with E-state index in [-0.39, 0.29) is 14.5 Å². The summed E-state index contributed by atoms with van der Waals surface area (Å²) in [5.74, 6) is 0.697. The summed E-state index contributed by atoms with van der Waals surface area (Å²) >= 11 is 0.230. The Morgan fingerprint density at radius 3 is 1.73 bits per heavy atom. The van der Waals surface area contributed by atoms with Gasteiger partial charge in [0, 0.05) is 11.1 Å². The van der Waals surface area contributed by atoms with Gasteiger partial charge in [-0.05, 0) is 6.07 Å². The molecule has 0 saturated heterocycles. The van der Waals surface area contributed by atoms with Gasteiger partial charge in [-0.25, -0.2) is 0 Å². The van der Waals surface area contributed by atoms with Crippen molar-refractivity contribution in [3.8, 4) is 56.4 Å². The molecule has 0 aliphatic rings. The number of hydrogen-bond acceptors (Lipinski definition) is 2. The molecule has 9 aromatic carbocycles. The van der Waals surface area contributed by atoms with Gasteiger partial charge >= 0.3 is 264 Å². The van der Waals surface area contributed by atoms with E-state index in [1.807, 2.05) is 12.1 Å². The molecule has 0 fully saturated rings. The fourth-order valence-electron chi connectivity index (χ4n) is 9.70. The van der Waals surface area contributed by atoms with E-state index in [0.29, 0.717) is 5.82 Å². The van der Waals surface area contributed by atoms with E-state index < -0.39 is 0 Å². The Hall–Kier alpha value is -7.82. The minimum Gasteiger partial charge on any atom is -0.0616 e. The van der Waals surface area contributed by atoms with E-state index in [9.17, 15) is 0 Å². The van der Waals surface area contributed by atoms with Crippen LogP contribution in [0.1, 0.15) is 0 Å². The molecule has 0 spiro atoms. The second-order valence-electron chi connectivity index (χ2n) is 16.1. The van der Waals surface area contributed by atoms with E-state index >= 15 is 0 Å². The first-order chi connectivity index (χ1) is 31.2. The molecule has 0 aliphatic carbocycles. The Morgan fingerprint density at radius 2 is 0.952 bits per heavy atom. The third-order valence-electron chi connectivity index (χ3n) is 12.5. The van der Waals surface area contributed by atoms with Gasteiger partial charge in [0.2, 0.25) is 0 Å². The van der Waals surface area contributed by atoms with Crippen LogP contribution >= 0.6 is 0 Å². The van der Waals surface area contributed by atoms with Gasteiger partial charge in [0.05, 0.1) is 11.4 Å². The van der Waals surface area contributed by atoms with Crippen LogP contribution in [0, 0.1) is 0 Å². The van der Waals surface area contributed by atoms with E-state index in [1.165, 1.54) is 63.1 Å². The molecule has 13 rings (SSSR count). The van der Waals surface area contributed by atoms with Crippen LogP contribution in [0.15, 0.2) is 218 Å². The molecule has 294 valence electrons. The molecule has 63 heavy (non-hydrogen) atoms. The van der Waals surface area contributed by atoms with Crippen molar-refractivity contribution in [3.63, 3.8) is 0 Å². The topological polar surface area (TPSA) is 35.6 Å². The molecule has 0 saturated carbocycles. The molecule has 0 N–H and O–H groups in total. The van der Waals surface area contributed by atoms with Crippen molar-refractivity contribution in [1.29, 1.82) is 0 Å². The average molecular weight is 868 g/mol. The van der Waals surface area contributed by atoms with Crippen LogP contribution in [0.4, 0.5) is 0 Å². The molecule has 4 aromatic heterocycles. The van der Waals surface area contributed by atoms with Crippen molar-refractivity contribution in [2.24, 2.45) is 0 Å². The van der Waals surface area contributed by atoms with Crippen LogP contribution < -0.4 is 0 Å². The van der Waals surface area contributed by atoms with Gasteiger partial charge in [0.25, 0.3) is 0 Å². The van der Waals surface area contributed by atoms with E-state index in [0.717, 1.165) is 50.4 Å². The molecule has 0 amide bonds. The maximum atomic E-state index is 5.25. The number of hydrogen-bond donors (Lipinski definition) is 0. The van der Waals surface area contributed by atoms with Gasteiger partial charge in [-0.1, -0.05) is 78.9 Å². The molecule has 0 atom stereocenters. The third kappa shape index (κ3) is 5.75. The first kappa shape index (κ1) is 35.9. The zero-order valence-corrected chi connectivity index (χ0v) is 35.7. The zero-order valence-electron chi connectivity index (χ0n) is 34.0. The summed E-state index contributed by atoms with van der Waals surface area (Å²) in [4.78, 5) is 10.5. The first-order valence-corrected chi connectivity index (χ1v) is 23.0. The molecule has 13 aromatic rings. The quantitative estimate of drug-likeness (QED) is 0.156. The molecule has 0 aliphatic heterocycles. The fraction of sp³-hybridized carbons (Fsp3) is 0. The Morgan fingerprint density at radius 1 is 0.349 bits per heavy atom. The minimum atomic E-state index is 0.230. The molecular weight excluding hydrogens is 832 g/mol. The predicted molar refractivity (Wildman–Crippen MR) is 264 cm³/mol. The van der Waals surface area contributed by atoms with Crippen LogP contribution in [0.25, 0.3) is 119 Å². The summed E-state index contributed by atoms with van der Waals surface area (Å²) in [7, 11) is 0. The molecule has 5 heteroatoms. The minimum absolute atomic E-state index is 0.230. The van der Waals surface area contributed by atoms with Gasteiger partial charge < -0.3 is 0 Å². The number of benzene rings is 9. The third-order valence-corrected chi connectivity index (χ3v) is 15.1. The van der Waals surface area contributed by atoms with Crippen LogP contribution in [-0.4, -0.2) is 33.6 Å². The van der Waals surface area contributed by atoms with Crippen molar-refractivity contribution in [2.75, 3.05) is 0 Å². The monoisotopic (exact) mass is 868 g/mol. The number of fused-ring (bicyclic) bond motifs is 10. The Labute approximate surface area is 369 Å². The Bertz CT molecular complexity index is 3840. The number of para-hydroxylation sites is 2. The number of nitrogens with zero attached hydrogens (tertiary/aromatic N) is 4. The van der Waals surface area contributed by atoms with Crippen molar-refractivity contribution >= 4 is 77.4 Å². The summed E-state index contributed by atoms with van der Waals surface area (Å²) < 4.78 is 7.82. The summed E-state index contributed by atoms with van der Waals surface area (Å²) in [5, 5.41) is 7.51. The second kappa shape index (κ2) is 14.4. The van der Waals surface area contributed by atoms with Crippen molar-refractivity contribution < 1.29 is 0 Å². The SMILES string of the molecule is c1ccc(-c2cc(-c3ccccc3)nc(-c3ccc4c(c3)c3ccc5c(c6ccccc6n5-c5ccccc5)c3n4-c3cccc(-c4cccc5c4[se]c4ccccc45)c3)n2)cc1. The van der Waals surface area contributed by atoms with Crippen LogP contribution in [0.3, 0.4) is 0 Å². The Kier molecular flexibility index (Phi) is 8.20. The molecular formula is C58H36N4Se. The van der Waals surface area contributed by atoms with Gasteiger partial charge in [-0.15, -0.1) is 0 Å². The van der Waals surface area contributed by atoms with E-state index in [2.05, 4.69) is 215 Å². The van der Waals surface area contributed by atoms with Crippen molar-refractivity contribution in [2.45, 2.75) is 0 Å². The molecule has 0 unspecified atom stereocenters. The molecule has 4 heterocycles. The fourth-order valence-corrected chi connectivity index (χ4v) is 12.3. The maximum absolute atomic E-state index is 5.25. The summed E-state index contributed by atoms with van der Waals surface area (Å²) in [6.45, 7) is 0. The molecule has 0 radical (unpaired) electrons.